The van der Waals surface area contributed by atoms with Crippen molar-refractivity contribution in [2.75, 3.05) is 0 Å². The molecule has 1 aliphatic rings. The van der Waals surface area contributed by atoms with E-state index in [0.29, 0.717) is 29.8 Å². The lowest BCUT2D eigenvalue weighted by Crippen LogP contribution is -2.32. The molecule has 1 saturated carbocycles. The molecular formula is C22H21ClN2O2S. The van der Waals surface area contributed by atoms with Gasteiger partial charge in [0, 0.05) is 22.0 Å². The van der Waals surface area contributed by atoms with Crippen LogP contribution in [0.1, 0.15) is 39.5 Å². The van der Waals surface area contributed by atoms with Crippen LogP contribution in [0.25, 0.3) is 0 Å². The molecule has 0 atom stereocenters. The first kappa shape index (κ1) is 19.0. The second-order valence-corrected chi connectivity index (χ2v) is 8.38. The van der Waals surface area contributed by atoms with Crippen LogP contribution in [0.3, 0.4) is 0 Å². The Morgan fingerprint density at radius 1 is 1.18 bits per heavy atom. The number of hydrogen-bond acceptors (Lipinski definition) is 4. The first-order chi connectivity index (χ1) is 13.6. The maximum atomic E-state index is 12.9. The first-order valence-corrected chi connectivity index (χ1v) is 10.5. The average molecular weight is 413 g/mol. The zero-order valence-electron chi connectivity index (χ0n) is 15.6. The van der Waals surface area contributed by atoms with Crippen LogP contribution in [0.2, 0.25) is 5.02 Å². The lowest BCUT2D eigenvalue weighted by Gasteiger charge is -2.21. The number of carbonyl (C=O) groups excluding carboxylic acids is 1. The van der Waals surface area contributed by atoms with Gasteiger partial charge in [0.2, 0.25) is 0 Å². The van der Waals surface area contributed by atoms with Gasteiger partial charge in [-0.25, -0.2) is 4.98 Å². The minimum absolute atomic E-state index is 0.0321. The van der Waals surface area contributed by atoms with Gasteiger partial charge < -0.3 is 9.64 Å². The van der Waals surface area contributed by atoms with Gasteiger partial charge in [-0.1, -0.05) is 29.3 Å². The zero-order valence-corrected chi connectivity index (χ0v) is 17.2. The SMILES string of the molecule is Cc1ccc(OCc2nc(CN(C(=O)c3ccc(Cl)cc3)C3CC3)cs2)cc1. The third kappa shape index (κ3) is 4.72. The molecule has 0 saturated heterocycles. The number of nitrogens with zero attached hydrogens (tertiary/aromatic N) is 2. The van der Waals surface area contributed by atoms with Crippen LogP contribution < -0.4 is 4.74 Å². The molecule has 4 rings (SSSR count). The summed E-state index contributed by atoms with van der Waals surface area (Å²) in [4.78, 5) is 19.5. The fraction of sp³-hybridized carbons (Fsp3) is 0.273. The Hall–Kier alpha value is -2.37. The summed E-state index contributed by atoms with van der Waals surface area (Å²) in [5, 5.41) is 3.55. The molecule has 0 spiro atoms. The molecule has 1 aromatic heterocycles. The number of hydrogen-bond donors (Lipinski definition) is 0. The molecular weight excluding hydrogens is 392 g/mol. The van der Waals surface area contributed by atoms with Crippen molar-refractivity contribution < 1.29 is 9.53 Å². The van der Waals surface area contributed by atoms with Crippen molar-refractivity contribution in [3.63, 3.8) is 0 Å². The summed E-state index contributed by atoms with van der Waals surface area (Å²) < 4.78 is 5.81. The van der Waals surface area contributed by atoms with Gasteiger partial charge in [0.05, 0.1) is 12.2 Å². The highest BCUT2D eigenvalue weighted by atomic mass is 35.5. The van der Waals surface area contributed by atoms with Crippen molar-refractivity contribution in [3.05, 3.63) is 80.8 Å². The van der Waals surface area contributed by atoms with E-state index in [1.165, 1.54) is 5.56 Å². The Labute approximate surface area is 173 Å². The Balaban J connectivity index is 1.40. The summed E-state index contributed by atoms with van der Waals surface area (Å²) >= 11 is 7.50. The molecule has 1 heterocycles. The van der Waals surface area contributed by atoms with Crippen molar-refractivity contribution in [2.24, 2.45) is 0 Å². The molecule has 1 fully saturated rings. The number of ether oxygens (including phenoxy) is 1. The lowest BCUT2D eigenvalue weighted by atomic mass is 10.2. The Morgan fingerprint density at radius 2 is 1.89 bits per heavy atom. The van der Waals surface area contributed by atoms with Gasteiger partial charge in [-0.3, -0.25) is 4.79 Å². The van der Waals surface area contributed by atoms with E-state index in [2.05, 4.69) is 4.98 Å². The molecule has 1 aliphatic carbocycles. The fourth-order valence-corrected chi connectivity index (χ4v) is 3.78. The van der Waals surface area contributed by atoms with Crippen molar-refractivity contribution in [1.82, 2.24) is 9.88 Å². The molecule has 2 aromatic carbocycles. The summed E-state index contributed by atoms with van der Waals surface area (Å²) in [6.45, 7) is 3.00. The predicted molar refractivity (Wildman–Crippen MR) is 112 cm³/mol. The number of benzene rings is 2. The monoisotopic (exact) mass is 412 g/mol. The normalized spacial score (nSPS) is 13.4. The van der Waals surface area contributed by atoms with E-state index in [4.69, 9.17) is 16.3 Å². The van der Waals surface area contributed by atoms with Crippen LogP contribution in [-0.4, -0.2) is 21.8 Å². The molecule has 0 aliphatic heterocycles. The van der Waals surface area contributed by atoms with Crippen LogP contribution >= 0.6 is 22.9 Å². The molecule has 0 bridgehead atoms. The summed E-state index contributed by atoms with van der Waals surface area (Å²) in [5.41, 5.74) is 2.77. The van der Waals surface area contributed by atoms with Gasteiger partial charge >= 0.3 is 0 Å². The van der Waals surface area contributed by atoms with Gasteiger partial charge in [0.15, 0.2) is 0 Å². The fourth-order valence-electron chi connectivity index (χ4n) is 2.95. The quantitative estimate of drug-likeness (QED) is 0.515. The average Bonchev–Trinajstić information content (AvgIpc) is 3.45. The highest BCUT2D eigenvalue weighted by Crippen LogP contribution is 2.30. The second-order valence-electron chi connectivity index (χ2n) is 7.01. The van der Waals surface area contributed by atoms with Crippen molar-refractivity contribution in [2.45, 2.75) is 39.0 Å². The van der Waals surface area contributed by atoms with Crippen LogP contribution in [0.4, 0.5) is 0 Å². The van der Waals surface area contributed by atoms with Gasteiger partial charge in [0.1, 0.15) is 17.4 Å². The van der Waals surface area contributed by atoms with E-state index in [-0.39, 0.29) is 5.91 Å². The van der Waals surface area contributed by atoms with E-state index in [1.807, 2.05) is 41.5 Å². The third-order valence-electron chi connectivity index (χ3n) is 4.65. The van der Waals surface area contributed by atoms with Crippen LogP contribution in [0, 0.1) is 6.92 Å². The van der Waals surface area contributed by atoms with Gasteiger partial charge in [-0.05, 0) is 56.2 Å². The number of aromatic nitrogens is 1. The highest BCUT2D eigenvalue weighted by molar-refractivity contribution is 7.09. The number of thiazole rings is 1. The van der Waals surface area contributed by atoms with Crippen LogP contribution in [0.5, 0.6) is 5.75 Å². The molecule has 28 heavy (non-hydrogen) atoms. The number of rotatable bonds is 7. The molecule has 0 radical (unpaired) electrons. The summed E-state index contributed by atoms with van der Waals surface area (Å²) in [7, 11) is 0. The van der Waals surface area contributed by atoms with Crippen molar-refractivity contribution in [3.8, 4) is 5.75 Å². The van der Waals surface area contributed by atoms with Gasteiger partial charge in [-0.15, -0.1) is 11.3 Å². The van der Waals surface area contributed by atoms with E-state index in [0.717, 1.165) is 29.3 Å². The molecule has 0 unspecified atom stereocenters. The van der Waals surface area contributed by atoms with Gasteiger partial charge in [0.25, 0.3) is 5.91 Å². The number of amides is 1. The molecule has 1 amide bonds. The largest absolute Gasteiger partial charge is 0.486 e. The highest BCUT2D eigenvalue weighted by Gasteiger charge is 2.33. The number of aryl methyl sites for hydroxylation is 1. The van der Waals surface area contributed by atoms with Crippen molar-refractivity contribution >= 4 is 28.8 Å². The Morgan fingerprint density at radius 3 is 2.57 bits per heavy atom. The van der Waals surface area contributed by atoms with E-state index >= 15 is 0 Å². The number of halogens is 1. The zero-order chi connectivity index (χ0) is 19.5. The topological polar surface area (TPSA) is 42.4 Å². The van der Waals surface area contributed by atoms with Gasteiger partial charge in [-0.2, -0.15) is 0 Å². The smallest absolute Gasteiger partial charge is 0.254 e. The molecule has 4 nitrogen and oxygen atoms in total. The Bertz CT molecular complexity index is 949. The maximum Gasteiger partial charge on any atom is 0.254 e. The summed E-state index contributed by atoms with van der Waals surface area (Å²) in [6.07, 6.45) is 2.10. The second kappa shape index (κ2) is 8.33. The maximum absolute atomic E-state index is 12.9. The lowest BCUT2D eigenvalue weighted by molar-refractivity contribution is 0.0728. The summed E-state index contributed by atoms with van der Waals surface area (Å²) in [6, 6.07) is 15.3. The standard InChI is InChI=1S/C22H21ClN2O2S/c1-15-2-10-20(11-3-15)27-13-21-24-18(14-28-21)12-25(19-8-9-19)22(26)16-4-6-17(23)7-5-16/h2-7,10-11,14,19H,8-9,12-13H2,1H3. The van der Waals surface area contributed by atoms with Crippen LogP contribution in [0.15, 0.2) is 53.9 Å². The van der Waals surface area contributed by atoms with Crippen LogP contribution in [-0.2, 0) is 13.2 Å². The molecule has 3 aromatic rings. The first-order valence-electron chi connectivity index (χ1n) is 9.28. The minimum Gasteiger partial charge on any atom is -0.486 e. The molecule has 0 N–H and O–H groups in total. The minimum atomic E-state index is 0.0321. The van der Waals surface area contributed by atoms with Crippen molar-refractivity contribution in [1.29, 1.82) is 0 Å². The molecule has 144 valence electrons. The Kier molecular flexibility index (Phi) is 5.64. The third-order valence-corrected chi connectivity index (χ3v) is 5.78. The van der Waals surface area contributed by atoms with E-state index in [1.54, 1.807) is 35.6 Å². The van der Waals surface area contributed by atoms with E-state index < -0.39 is 0 Å². The van der Waals surface area contributed by atoms with E-state index in [9.17, 15) is 4.79 Å². The molecule has 6 heteroatoms. The predicted octanol–water partition coefficient (Wildman–Crippen LogP) is 5.49. The summed E-state index contributed by atoms with van der Waals surface area (Å²) in [5.74, 6) is 0.865. The number of carbonyl (C=O) groups is 1.